The third-order valence-electron chi connectivity index (χ3n) is 6.44. The van der Waals surface area contributed by atoms with Crippen LogP contribution in [0.5, 0.6) is 0 Å². The highest BCUT2D eigenvalue weighted by Crippen LogP contribution is 2.45. The quantitative estimate of drug-likeness (QED) is 0.241. The molecule has 0 spiro atoms. The number of halogens is 1. The summed E-state index contributed by atoms with van der Waals surface area (Å²) in [7, 11) is 0. The van der Waals surface area contributed by atoms with Crippen molar-refractivity contribution in [2.75, 3.05) is 10.6 Å². The third kappa shape index (κ3) is 3.58. The number of carbonyl (C=O) groups is 1. The lowest BCUT2D eigenvalue weighted by molar-refractivity contribution is -0.113. The number of carbonyl (C=O) groups excluding carboxylic acids is 1. The highest BCUT2D eigenvalue weighted by Gasteiger charge is 2.36. The van der Waals surface area contributed by atoms with Gasteiger partial charge in [0.15, 0.2) is 0 Å². The topological polar surface area (TPSA) is 62.1 Å². The lowest BCUT2D eigenvalue weighted by Gasteiger charge is -2.18. The molecule has 170 valence electrons. The number of H-pyrrole nitrogens is 1. The maximum atomic E-state index is 14.4. The third-order valence-corrected chi connectivity index (χ3v) is 6.44. The normalized spacial score (nSPS) is 14.4. The van der Waals surface area contributed by atoms with Gasteiger partial charge in [-0.1, -0.05) is 66.7 Å². The van der Waals surface area contributed by atoms with Crippen molar-refractivity contribution >= 4 is 39.3 Å². The summed E-state index contributed by atoms with van der Waals surface area (Å²) in [6.07, 6.45) is 0. The molecule has 35 heavy (non-hydrogen) atoms. The predicted molar refractivity (Wildman–Crippen MR) is 139 cm³/mol. The SMILES string of the molecule is Nc1ccccc1/C(=C1/C(=O)N(Cc2ccccc2)c2cc(F)ccc21)c1cc2ccccc2[nH]1. The number of rotatable bonds is 4. The molecule has 4 nitrogen and oxygen atoms in total. The van der Waals surface area contributed by atoms with Crippen LogP contribution in [0.1, 0.15) is 22.4 Å². The standard InChI is InChI=1S/C30H22FN3O/c31-21-14-15-23-27(17-21)34(18-19-8-2-1-3-9-19)30(35)29(23)28(22-11-5-6-12-24(22)32)26-16-20-10-4-7-13-25(20)33-26/h1-17,33H,18,32H2/b29-28-. The monoisotopic (exact) mass is 459 g/mol. The Hall–Kier alpha value is -4.64. The van der Waals surface area contributed by atoms with E-state index in [0.717, 1.165) is 27.7 Å². The molecule has 1 amide bonds. The largest absolute Gasteiger partial charge is 0.398 e. The average Bonchev–Trinajstić information content (AvgIpc) is 3.41. The summed E-state index contributed by atoms with van der Waals surface area (Å²) in [6.45, 7) is 0.337. The zero-order valence-electron chi connectivity index (χ0n) is 18.8. The average molecular weight is 460 g/mol. The lowest BCUT2D eigenvalue weighted by atomic mass is 9.92. The Balaban J connectivity index is 1.63. The molecule has 3 N–H and O–H groups in total. The van der Waals surface area contributed by atoms with Crippen LogP contribution in [0.4, 0.5) is 15.8 Å². The van der Waals surface area contributed by atoms with Gasteiger partial charge in [-0.05, 0) is 42.0 Å². The van der Waals surface area contributed by atoms with Gasteiger partial charge in [0.05, 0.1) is 17.8 Å². The lowest BCUT2D eigenvalue weighted by Crippen LogP contribution is -2.26. The van der Waals surface area contributed by atoms with Gasteiger partial charge in [-0.2, -0.15) is 0 Å². The van der Waals surface area contributed by atoms with E-state index in [1.807, 2.05) is 84.9 Å². The molecule has 0 saturated carbocycles. The number of hydrogen-bond donors (Lipinski definition) is 2. The van der Waals surface area contributed by atoms with Gasteiger partial charge in [0.1, 0.15) is 5.82 Å². The van der Waals surface area contributed by atoms with Crippen molar-refractivity contribution in [2.24, 2.45) is 0 Å². The zero-order valence-corrected chi connectivity index (χ0v) is 18.8. The van der Waals surface area contributed by atoms with Crippen molar-refractivity contribution in [1.82, 2.24) is 4.98 Å². The fourth-order valence-electron chi connectivity index (χ4n) is 4.81. The summed E-state index contributed by atoms with van der Waals surface area (Å²) in [5.41, 5.74) is 12.9. The van der Waals surface area contributed by atoms with Gasteiger partial charge in [-0.3, -0.25) is 4.79 Å². The summed E-state index contributed by atoms with van der Waals surface area (Å²) in [5.74, 6) is -0.575. The van der Waals surface area contributed by atoms with Crippen LogP contribution in [-0.4, -0.2) is 10.9 Å². The zero-order chi connectivity index (χ0) is 23.9. The minimum Gasteiger partial charge on any atom is -0.398 e. The van der Waals surface area contributed by atoms with Gasteiger partial charge in [0.25, 0.3) is 5.91 Å². The number of hydrogen-bond acceptors (Lipinski definition) is 2. The molecule has 5 aromatic rings. The summed E-state index contributed by atoms with van der Waals surface area (Å²) < 4.78 is 14.4. The molecule has 4 aromatic carbocycles. The van der Waals surface area contributed by atoms with Gasteiger partial charge in [0.2, 0.25) is 0 Å². The maximum Gasteiger partial charge on any atom is 0.260 e. The number of amides is 1. The first-order valence-electron chi connectivity index (χ1n) is 11.4. The van der Waals surface area contributed by atoms with E-state index in [4.69, 9.17) is 5.73 Å². The molecule has 2 heterocycles. The van der Waals surface area contributed by atoms with Crippen molar-refractivity contribution in [1.29, 1.82) is 0 Å². The number of nitrogens with one attached hydrogen (secondary N) is 1. The second-order valence-electron chi connectivity index (χ2n) is 8.65. The van der Waals surface area contributed by atoms with E-state index in [2.05, 4.69) is 4.98 Å². The van der Waals surface area contributed by atoms with Crippen molar-refractivity contribution in [2.45, 2.75) is 6.54 Å². The first kappa shape index (κ1) is 20.9. The molecule has 6 rings (SSSR count). The van der Waals surface area contributed by atoms with Crippen LogP contribution in [0.25, 0.3) is 22.0 Å². The van der Waals surface area contributed by atoms with E-state index in [1.54, 1.807) is 11.0 Å². The summed E-state index contributed by atoms with van der Waals surface area (Å²) in [6, 6.07) is 31.7. The second kappa shape index (κ2) is 8.29. The summed E-state index contributed by atoms with van der Waals surface area (Å²) in [4.78, 5) is 19.2. The molecule has 0 fully saturated rings. The minimum absolute atomic E-state index is 0.189. The van der Waals surface area contributed by atoms with Crippen LogP contribution in [0.15, 0.2) is 103 Å². The van der Waals surface area contributed by atoms with E-state index in [0.29, 0.717) is 34.6 Å². The van der Waals surface area contributed by atoms with Crippen LogP contribution >= 0.6 is 0 Å². The van der Waals surface area contributed by atoms with Crippen LogP contribution in [0.3, 0.4) is 0 Å². The van der Waals surface area contributed by atoms with Crippen molar-refractivity contribution in [3.63, 3.8) is 0 Å². The molecule has 0 saturated heterocycles. The molecule has 0 unspecified atom stereocenters. The second-order valence-corrected chi connectivity index (χ2v) is 8.65. The molecule has 1 aliphatic heterocycles. The van der Waals surface area contributed by atoms with E-state index >= 15 is 0 Å². The number of nitrogens with two attached hydrogens (primary N) is 1. The highest BCUT2D eigenvalue weighted by atomic mass is 19.1. The minimum atomic E-state index is -0.387. The molecule has 0 bridgehead atoms. The van der Waals surface area contributed by atoms with Crippen LogP contribution in [0.2, 0.25) is 0 Å². The van der Waals surface area contributed by atoms with E-state index in [9.17, 15) is 9.18 Å². The highest BCUT2D eigenvalue weighted by molar-refractivity contribution is 6.39. The Kier molecular flexibility index (Phi) is 4.96. The summed E-state index contributed by atoms with van der Waals surface area (Å²) >= 11 is 0. The summed E-state index contributed by atoms with van der Waals surface area (Å²) in [5, 5.41) is 1.03. The first-order chi connectivity index (χ1) is 17.1. The fourth-order valence-corrected chi connectivity index (χ4v) is 4.81. The fraction of sp³-hybridized carbons (Fsp3) is 0.0333. The maximum absolute atomic E-state index is 14.4. The van der Waals surface area contributed by atoms with Gasteiger partial charge in [0, 0.05) is 39.0 Å². The van der Waals surface area contributed by atoms with Crippen molar-refractivity contribution in [3.05, 3.63) is 131 Å². The van der Waals surface area contributed by atoms with Crippen molar-refractivity contribution in [3.8, 4) is 0 Å². The number of para-hydroxylation sites is 2. The van der Waals surface area contributed by atoms with Crippen LogP contribution in [0, 0.1) is 5.82 Å². The van der Waals surface area contributed by atoms with Crippen LogP contribution < -0.4 is 10.6 Å². The molecular formula is C30H22FN3O. The van der Waals surface area contributed by atoms with Gasteiger partial charge < -0.3 is 15.6 Å². The van der Waals surface area contributed by atoms with Gasteiger partial charge >= 0.3 is 0 Å². The molecule has 0 aliphatic carbocycles. The Labute approximate surface area is 202 Å². The van der Waals surface area contributed by atoms with E-state index < -0.39 is 0 Å². The van der Waals surface area contributed by atoms with E-state index in [1.165, 1.54) is 12.1 Å². The molecular weight excluding hydrogens is 437 g/mol. The number of aromatic amines is 1. The van der Waals surface area contributed by atoms with Gasteiger partial charge in [-0.25, -0.2) is 4.39 Å². The molecule has 5 heteroatoms. The Morgan fingerprint density at radius 1 is 0.857 bits per heavy atom. The first-order valence-corrected chi connectivity index (χ1v) is 11.4. The number of nitrogen functional groups attached to an aromatic ring is 1. The van der Waals surface area contributed by atoms with Gasteiger partial charge in [-0.15, -0.1) is 0 Å². The Morgan fingerprint density at radius 2 is 1.60 bits per heavy atom. The van der Waals surface area contributed by atoms with E-state index in [-0.39, 0.29) is 11.7 Å². The Morgan fingerprint density at radius 3 is 2.40 bits per heavy atom. The molecule has 1 aromatic heterocycles. The Bertz CT molecular complexity index is 1580. The smallest absolute Gasteiger partial charge is 0.260 e. The van der Waals surface area contributed by atoms with Crippen molar-refractivity contribution < 1.29 is 9.18 Å². The predicted octanol–water partition coefficient (Wildman–Crippen LogP) is 6.40. The number of aromatic nitrogens is 1. The molecule has 1 aliphatic rings. The number of nitrogens with zero attached hydrogens (tertiary/aromatic N) is 1. The molecule has 0 radical (unpaired) electrons. The van der Waals surface area contributed by atoms with Crippen LogP contribution in [-0.2, 0) is 11.3 Å². The number of fused-ring (bicyclic) bond motifs is 2. The number of anilines is 2. The number of benzene rings is 4. The molecule has 0 atom stereocenters.